The van der Waals surface area contributed by atoms with Crippen molar-refractivity contribution in [2.75, 3.05) is 0 Å². The smallest absolute Gasteiger partial charge is 0.420 e. The SMILES string of the molecule is Cc1ccc(O)c([C@H](O)C(F)(F)F)n1. The zero-order chi connectivity index (χ0) is 10.9. The van der Waals surface area contributed by atoms with Gasteiger partial charge in [-0.3, -0.25) is 4.98 Å². The van der Waals surface area contributed by atoms with Crippen LogP contribution in [0.3, 0.4) is 0 Å². The predicted octanol–water partition coefficient (Wildman–Crippen LogP) is 1.69. The van der Waals surface area contributed by atoms with E-state index >= 15 is 0 Å². The lowest BCUT2D eigenvalue weighted by Gasteiger charge is -2.15. The van der Waals surface area contributed by atoms with Crippen LogP contribution in [0.1, 0.15) is 17.5 Å². The van der Waals surface area contributed by atoms with E-state index in [2.05, 4.69) is 4.98 Å². The first-order chi connectivity index (χ1) is 6.32. The van der Waals surface area contributed by atoms with Gasteiger partial charge in [0.05, 0.1) is 0 Å². The van der Waals surface area contributed by atoms with Gasteiger partial charge in [0, 0.05) is 5.69 Å². The van der Waals surface area contributed by atoms with Crippen LogP contribution in [0.25, 0.3) is 0 Å². The molecule has 0 unspecified atom stereocenters. The Morgan fingerprint density at radius 2 is 1.93 bits per heavy atom. The highest BCUT2D eigenvalue weighted by molar-refractivity contribution is 5.29. The lowest BCUT2D eigenvalue weighted by atomic mass is 10.2. The average Bonchev–Trinajstić information content (AvgIpc) is 2.06. The molecule has 1 rings (SSSR count). The Kier molecular flexibility index (Phi) is 2.66. The molecule has 0 amide bonds. The van der Waals surface area contributed by atoms with Gasteiger partial charge in [-0.15, -0.1) is 0 Å². The minimum atomic E-state index is -4.82. The average molecular weight is 207 g/mol. The highest BCUT2D eigenvalue weighted by atomic mass is 19.4. The van der Waals surface area contributed by atoms with E-state index in [4.69, 9.17) is 10.2 Å². The van der Waals surface area contributed by atoms with Crippen LogP contribution < -0.4 is 0 Å². The highest BCUT2D eigenvalue weighted by Gasteiger charge is 2.41. The summed E-state index contributed by atoms with van der Waals surface area (Å²) in [5, 5.41) is 17.9. The van der Waals surface area contributed by atoms with Crippen molar-refractivity contribution in [3.63, 3.8) is 0 Å². The van der Waals surface area contributed by atoms with Gasteiger partial charge in [0.1, 0.15) is 11.4 Å². The quantitative estimate of drug-likeness (QED) is 0.736. The normalized spacial score (nSPS) is 14.1. The second kappa shape index (κ2) is 3.45. The predicted molar refractivity (Wildman–Crippen MR) is 41.7 cm³/mol. The van der Waals surface area contributed by atoms with Crippen LogP contribution in [0.15, 0.2) is 12.1 Å². The summed E-state index contributed by atoms with van der Waals surface area (Å²) < 4.78 is 36.1. The van der Waals surface area contributed by atoms with Gasteiger partial charge in [0.15, 0.2) is 6.10 Å². The first-order valence-corrected chi connectivity index (χ1v) is 3.73. The molecule has 0 aromatic carbocycles. The number of aryl methyl sites for hydroxylation is 1. The van der Waals surface area contributed by atoms with Crippen LogP contribution >= 0.6 is 0 Å². The van der Waals surface area contributed by atoms with E-state index < -0.39 is 23.7 Å². The summed E-state index contributed by atoms with van der Waals surface area (Å²) in [6, 6.07) is 2.41. The van der Waals surface area contributed by atoms with Crippen LogP contribution in [-0.4, -0.2) is 21.4 Å². The third-order valence-electron chi connectivity index (χ3n) is 1.61. The number of hydrogen-bond donors (Lipinski definition) is 2. The third-order valence-corrected chi connectivity index (χ3v) is 1.61. The summed E-state index contributed by atoms with van der Waals surface area (Å²) in [5.41, 5.74) is -0.474. The standard InChI is InChI=1S/C8H8F3NO2/c1-4-2-3-5(13)6(12-4)7(14)8(9,10)11/h2-3,7,13-14H,1H3/t7-/m0/s1. The maximum Gasteiger partial charge on any atom is 0.420 e. The Morgan fingerprint density at radius 1 is 1.36 bits per heavy atom. The number of halogens is 3. The van der Waals surface area contributed by atoms with E-state index in [1.807, 2.05) is 0 Å². The van der Waals surface area contributed by atoms with Gasteiger partial charge in [-0.2, -0.15) is 13.2 Å². The summed E-state index contributed by atoms with van der Waals surface area (Å²) in [7, 11) is 0. The fourth-order valence-corrected chi connectivity index (χ4v) is 0.926. The Hall–Kier alpha value is -1.30. The van der Waals surface area contributed by atoms with Crippen LogP contribution in [0.4, 0.5) is 13.2 Å². The van der Waals surface area contributed by atoms with Crippen LogP contribution in [0.2, 0.25) is 0 Å². The fourth-order valence-electron chi connectivity index (χ4n) is 0.926. The molecule has 1 atom stereocenters. The zero-order valence-electron chi connectivity index (χ0n) is 7.21. The Morgan fingerprint density at radius 3 is 2.43 bits per heavy atom. The molecule has 14 heavy (non-hydrogen) atoms. The van der Waals surface area contributed by atoms with Crippen LogP contribution in [0, 0.1) is 6.92 Å². The van der Waals surface area contributed by atoms with Gasteiger partial charge in [0.2, 0.25) is 0 Å². The van der Waals surface area contributed by atoms with E-state index in [0.29, 0.717) is 5.69 Å². The molecule has 0 radical (unpaired) electrons. The van der Waals surface area contributed by atoms with E-state index in [1.54, 1.807) is 0 Å². The Bertz CT molecular complexity index is 338. The van der Waals surface area contributed by atoms with Gasteiger partial charge in [-0.1, -0.05) is 0 Å². The summed E-state index contributed by atoms with van der Waals surface area (Å²) in [5.74, 6) is -0.666. The van der Waals surface area contributed by atoms with Gasteiger partial charge in [0.25, 0.3) is 0 Å². The Labute approximate surface area is 77.8 Å². The maximum atomic E-state index is 12.0. The van der Waals surface area contributed by atoms with Gasteiger partial charge < -0.3 is 10.2 Å². The van der Waals surface area contributed by atoms with Crippen molar-refractivity contribution in [3.05, 3.63) is 23.5 Å². The largest absolute Gasteiger partial charge is 0.506 e. The van der Waals surface area contributed by atoms with Crippen molar-refractivity contribution < 1.29 is 23.4 Å². The molecule has 0 aliphatic heterocycles. The summed E-state index contributed by atoms with van der Waals surface area (Å²) >= 11 is 0. The zero-order valence-corrected chi connectivity index (χ0v) is 7.21. The highest BCUT2D eigenvalue weighted by Crippen LogP contribution is 2.35. The van der Waals surface area contributed by atoms with Crippen molar-refractivity contribution in [3.8, 4) is 5.75 Å². The number of alkyl halides is 3. The molecule has 0 saturated carbocycles. The number of aromatic nitrogens is 1. The molecular formula is C8H8F3NO2. The first kappa shape index (κ1) is 10.8. The van der Waals surface area contributed by atoms with E-state index in [-0.39, 0.29) is 0 Å². The summed E-state index contributed by atoms with van der Waals surface area (Å²) in [6.45, 7) is 1.46. The number of hydrogen-bond acceptors (Lipinski definition) is 3. The Balaban J connectivity index is 3.12. The number of aliphatic hydroxyl groups is 1. The third kappa shape index (κ3) is 2.14. The van der Waals surface area contributed by atoms with E-state index in [1.165, 1.54) is 13.0 Å². The topological polar surface area (TPSA) is 53.4 Å². The van der Waals surface area contributed by atoms with Crippen LogP contribution in [0.5, 0.6) is 5.75 Å². The number of aliphatic hydroxyl groups excluding tert-OH is 1. The van der Waals surface area contributed by atoms with Crippen molar-refractivity contribution in [1.82, 2.24) is 4.98 Å². The molecule has 3 nitrogen and oxygen atoms in total. The monoisotopic (exact) mass is 207 g/mol. The fraction of sp³-hybridized carbons (Fsp3) is 0.375. The second-order valence-electron chi connectivity index (χ2n) is 2.80. The van der Waals surface area contributed by atoms with Crippen molar-refractivity contribution in [2.45, 2.75) is 19.2 Å². The van der Waals surface area contributed by atoms with Gasteiger partial charge in [-0.05, 0) is 19.1 Å². The second-order valence-corrected chi connectivity index (χ2v) is 2.80. The molecule has 0 spiro atoms. The van der Waals surface area contributed by atoms with Crippen molar-refractivity contribution >= 4 is 0 Å². The minimum absolute atomic E-state index is 0.293. The lowest BCUT2D eigenvalue weighted by molar-refractivity contribution is -0.208. The number of nitrogens with zero attached hydrogens (tertiary/aromatic N) is 1. The summed E-state index contributed by atoms with van der Waals surface area (Å²) in [4.78, 5) is 3.42. The minimum Gasteiger partial charge on any atom is -0.506 e. The molecule has 1 aromatic heterocycles. The molecule has 0 aliphatic carbocycles. The summed E-state index contributed by atoms with van der Waals surface area (Å²) in [6.07, 6.45) is -7.57. The molecule has 6 heteroatoms. The molecule has 0 aliphatic rings. The molecule has 0 fully saturated rings. The first-order valence-electron chi connectivity index (χ1n) is 3.73. The maximum absolute atomic E-state index is 12.0. The molecule has 2 N–H and O–H groups in total. The molecule has 0 saturated heterocycles. The van der Waals surface area contributed by atoms with E-state index in [0.717, 1.165) is 6.07 Å². The number of aromatic hydroxyl groups is 1. The molecular weight excluding hydrogens is 199 g/mol. The molecule has 0 bridgehead atoms. The van der Waals surface area contributed by atoms with Gasteiger partial charge in [-0.25, -0.2) is 0 Å². The van der Waals surface area contributed by atoms with E-state index in [9.17, 15) is 13.2 Å². The van der Waals surface area contributed by atoms with Crippen molar-refractivity contribution in [1.29, 1.82) is 0 Å². The van der Waals surface area contributed by atoms with Gasteiger partial charge >= 0.3 is 6.18 Å². The molecule has 78 valence electrons. The molecule has 1 aromatic rings. The van der Waals surface area contributed by atoms with Crippen molar-refractivity contribution in [2.24, 2.45) is 0 Å². The molecule has 1 heterocycles. The lowest BCUT2D eigenvalue weighted by Crippen LogP contribution is -2.21. The number of pyridine rings is 1. The van der Waals surface area contributed by atoms with Crippen LogP contribution in [-0.2, 0) is 0 Å². The number of rotatable bonds is 1.